The highest BCUT2D eigenvalue weighted by molar-refractivity contribution is 6.29. The minimum Gasteiger partial charge on any atom is -0.456 e. The highest BCUT2D eigenvalue weighted by atomic mass is 16.3. The number of para-hydroxylation sites is 2. The van der Waals surface area contributed by atoms with Gasteiger partial charge in [-0.05, 0) is 120 Å². The van der Waals surface area contributed by atoms with E-state index in [1.54, 1.807) is 0 Å². The van der Waals surface area contributed by atoms with E-state index in [4.69, 9.17) is 4.42 Å². The van der Waals surface area contributed by atoms with E-state index in [0.717, 1.165) is 27.6 Å². The summed E-state index contributed by atoms with van der Waals surface area (Å²) >= 11 is 0. The lowest BCUT2D eigenvalue weighted by atomic mass is 9.83. The molecule has 2 heterocycles. The monoisotopic (exact) mass is 711 g/mol. The molecule has 2 heteroatoms. The van der Waals surface area contributed by atoms with Crippen molar-refractivity contribution >= 4 is 76.1 Å². The Morgan fingerprint density at radius 3 is 1.64 bits per heavy atom. The zero-order valence-corrected chi connectivity index (χ0v) is 30.4. The van der Waals surface area contributed by atoms with Crippen LogP contribution in [0, 0.1) is 0 Å². The van der Waals surface area contributed by atoms with Gasteiger partial charge in [-0.3, -0.25) is 0 Å². The molecule has 0 aliphatic heterocycles. The van der Waals surface area contributed by atoms with Crippen LogP contribution in [0.3, 0.4) is 0 Å². The van der Waals surface area contributed by atoms with E-state index in [1.165, 1.54) is 87.5 Å². The maximum atomic E-state index is 6.65. The zero-order chi connectivity index (χ0) is 36.7. The van der Waals surface area contributed by atoms with Gasteiger partial charge in [0.25, 0.3) is 0 Å². The molecule has 0 saturated heterocycles. The van der Waals surface area contributed by atoms with Gasteiger partial charge in [-0.2, -0.15) is 0 Å². The normalized spacial score (nSPS) is 11.9. The van der Waals surface area contributed by atoms with Crippen molar-refractivity contribution in [3.8, 4) is 39.1 Å². The van der Waals surface area contributed by atoms with Crippen molar-refractivity contribution in [2.45, 2.75) is 0 Å². The number of aromatic nitrogens is 1. The van der Waals surface area contributed by atoms with E-state index < -0.39 is 0 Å². The molecule has 0 bridgehead atoms. The van der Waals surface area contributed by atoms with Crippen molar-refractivity contribution in [3.05, 3.63) is 200 Å². The molecular formula is C54H33NO. The molecule has 0 atom stereocenters. The van der Waals surface area contributed by atoms with Crippen LogP contribution in [-0.4, -0.2) is 4.57 Å². The molecule has 0 unspecified atom stereocenters. The molecule has 2 aromatic heterocycles. The Balaban J connectivity index is 1.16. The van der Waals surface area contributed by atoms with Crippen LogP contribution in [0.4, 0.5) is 0 Å². The van der Waals surface area contributed by atoms with Gasteiger partial charge in [0, 0.05) is 27.2 Å². The molecule has 260 valence electrons. The van der Waals surface area contributed by atoms with Crippen LogP contribution in [0.5, 0.6) is 0 Å². The highest BCUT2D eigenvalue weighted by Gasteiger charge is 2.22. The number of hydrogen-bond acceptors (Lipinski definition) is 1. The van der Waals surface area contributed by atoms with Crippen molar-refractivity contribution in [2.75, 3.05) is 0 Å². The smallest absolute Gasteiger partial charge is 0.136 e. The Kier molecular flexibility index (Phi) is 6.66. The van der Waals surface area contributed by atoms with Crippen LogP contribution in [0.2, 0.25) is 0 Å². The standard InChI is InChI=1S/C54H33NO/c1-3-15-34(16-4-1)37-31-35-17-7-8-20-39(35)45(33-37)52-42-23-11-9-21-40(42)51(41-22-10-12-24-43(41)52)36-27-29-49-46(32-36)54-50(56-49)30-28-48-53(54)44-25-13-14-26-47(44)55(48)38-18-5-2-6-19-38/h1-33H. The van der Waals surface area contributed by atoms with Crippen molar-refractivity contribution < 1.29 is 4.42 Å². The number of hydrogen-bond donors (Lipinski definition) is 0. The molecule has 0 radical (unpaired) electrons. The molecule has 0 aliphatic carbocycles. The Bertz CT molecular complexity index is 3460. The fourth-order valence-corrected chi connectivity index (χ4v) is 9.38. The van der Waals surface area contributed by atoms with Crippen molar-refractivity contribution in [2.24, 2.45) is 0 Å². The van der Waals surface area contributed by atoms with E-state index in [0.29, 0.717) is 0 Å². The molecule has 0 N–H and O–H groups in total. The summed E-state index contributed by atoms with van der Waals surface area (Å²) in [4.78, 5) is 0. The number of nitrogens with zero attached hydrogens (tertiary/aromatic N) is 1. The average molecular weight is 712 g/mol. The largest absolute Gasteiger partial charge is 0.456 e. The van der Waals surface area contributed by atoms with Gasteiger partial charge in [-0.15, -0.1) is 0 Å². The molecule has 0 aliphatic rings. The van der Waals surface area contributed by atoms with Crippen LogP contribution in [-0.2, 0) is 0 Å². The Morgan fingerprint density at radius 2 is 0.911 bits per heavy atom. The second kappa shape index (κ2) is 12.0. The zero-order valence-electron chi connectivity index (χ0n) is 30.4. The van der Waals surface area contributed by atoms with Crippen LogP contribution < -0.4 is 0 Å². The summed E-state index contributed by atoms with van der Waals surface area (Å²) in [5, 5.41) is 12.1. The summed E-state index contributed by atoms with van der Waals surface area (Å²) in [7, 11) is 0. The van der Waals surface area contributed by atoms with Crippen molar-refractivity contribution in [1.29, 1.82) is 0 Å². The number of fused-ring (bicyclic) bond motifs is 10. The SMILES string of the molecule is c1ccc(-c2cc(-c3c4ccccc4c(-c4ccc5oc6ccc7c(c8ccccc8n7-c7ccccc7)c6c5c4)c4ccccc34)c3ccccc3c2)cc1. The Hall–Kier alpha value is -7.42. The third-order valence-electron chi connectivity index (χ3n) is 11.7. The van der Waals surface area contributed by atoms with E-state index in [-0.39, 0.29) is 0 Å². The van der Waals surface area contributed by atoms with Crippen LogP contribution in [0.1, 0.15) is 0 Å². The topological polar surface area (TPSA) is 18.1 Å². The summed E-state index contributed by atoms with van der Waals surface area (Å²) in [5.41, 5.74) is 12.6. The Morgan fingerprint density at radius 1 is 0.321 bits per heavy atom. The second-order valence-electron chi connectivity index (χ2n) is 14.8. The first-order valence-electron chi connectivity index (χ1n) is 19.3. The van der Waals surface area contributed by atoms with Crippen LogP contribution in [0.25, 0.3) is 115 Å². The molecule has 56 heavy (non-hydrogen) atoms. The van der Waals surface area contributed by atoms with Crippen LogP contribution >= 0.6 is 0 Å². The molecule has 2 nitrogen and oxygen atoms in total. The summed E-state index contributed by atoms with van der Waals surface area (Å²) in [5.74, 6) is 0. The summed E-state index contributed by atoms with van der Waals surface area (Å²) in [6.45, 7) is 0. The molecule has 12 rings (SSSR count). The molecule has 0 fully saturated rings. The summed E-state index contributed by atoms with van der Waals surface area (Å²) < 4.78 is 9.02. The van der Waals surface area contributed by atoms with Gasteiger partial charge in [0.15, 0.2) is 0 Å². The predicted molar refractivity (Wildman–Crippen MR) is 237 cm³/mol. The second-order valence-corrected chi connectivity index (χ2v) is 14.8. The molecule has 12 aromatic rings. The molecule has 0 saturated carbocycles. The van der Waals surface area contributed by atoms with Crippen molar-refractivity contribution in [1.82, 2.24) is 4.57 Å². The first kappa shape index (κ1) is 31.0. The average Bonchev–Trinajstić information content (AvgIpc) is 3.81. The minimum absolute atomic E-state index is 0.891. The molecule has 10 aromatic carbocycles. The van der Waals surface area contributed by atoms with Gasteiger partial charge in [0.1, 0.15) is 11.2 Å². The summed E-state index contributed by atoms with van der Waals surface area (Å²) in [6, 6.07) is 72.7. The van der Waals surface area contributed by atoms with E-state index in [2.05, 4.69) is 205 Å². The quantitative estimate of drug-likeness (QED) is 0.166. The lowest BCUT2D eigenvalue weighted by Gasteiger charge is -2.19. The molecular weight excluding hydrogens is 679 g/mol. The lowest BCUT2D eigenvalue weighted by Crippen LogP contribution is -1.92. The van der Waals surface area contributed by atoms with Gasteiger partial charge in [0.05, 0.1) is 11.0 Å². The maximum Gasteiger partial charge on any atom is 0.136 e. The van der Waals surface area contributed by atoms with Gasteiger partial charge in [-0.25, -0.2) is 0 Å². The van der Waals surface area contributed by atoms with E-state index in [9.17, 15) is 0 Å². The van der Waals surface area contributed by atoms with E-state index >= 15 is 0 Å². The molecule has 0 amide bonds. The van der Waals surface area contributed by atoms with Crippen LogP contribution in [0.15, 0.2) is 205 Å². The first-order valence-corrected chi connectivity index (χ1v) is 19.3. The fourth-order valence-electron chi connectivity index (χ4n) is 9.38. The first-order chi connectivity index (χ1) is 27.8. The minimum atomic E-state index is 0.891. The van der Waals surface area contributed by atoms with Crippen molar-refractivity contribution in [3.63, 3.8) is 0 Å². The maximum absolute atomic E-state index is 6.65. The Labute approximate surface area is 323 Å². The predicted octanol–water partition coefficient (Wildman–Crippen LogP) is 15.1. The lowest BCUT2D eigenvalue weighted by molar-refractivity contribution is 0.669. The third kappa shape index (κ3) is 4.50. The molecule has 0 spiro atoms. The number of rotatable bonds is 4. The van der Waals surface area contributed by atoms with Gasteiger partial charge < -0.3 is 8.98 Å². The highest BCUT2D eigenvalue weighted by Crippen LogP contribution is 2.48. The fraction of sp³-hybridized carbons (Fsp3) is 0. The van der Waals surface area contributed by atoms with Gasteiger partial charge >= 0.3 is 0 Å². The number of benzene rings is 10. The van der Waals surface area contributed by atoms with E-state index in [1.807, 2.05) is 0 Å². The number of furan rings is 1. The van der Waals surface area contributed by atoms with Gasteiger partial charge in [-0.1, -0.05) is 146 Å². The summed E-state index contributed by atoms with van der Waals surface area (Å²) in [6.07, 6.45) is 0. The van der Waals surface area contributed by atoms with Gasteiger partial charge in [0.2, 0.25) is 0 Å². The third-order valence-corrected chi connectivity index (χ3v) is 11.7.